The molecule has 1 aliphatic rings. The highest BCUT2D eigenvalue weighted by Crippen LogP contribution is 2.34. The van der Waals surface area contributed by atoms with E-state index in [0.717, 1.165) is 36.2 Å². The molecule has 2 amide bonds. The van der Waals surface area contributed by atoms with Gasteiger partial charge in [0.2, 0.25) is 5.91 Å². The lowest BCUT2D eigenvalue weighted by atomic mass is 9.92. The molecule has 1 heterocycles. The van der Waals surface area contributed by atoms with Crippen LogP contribution in [0.3, 0.4) is 0 Å². The van der Waals surface area contributed by atoms with Crippen molar-refractivity contribution in [3.63, 3.8) is 0 Å². The number of aryl methyl sites for hydroxylation is 1. The Morgan fingerprint density at radius 3 is 2.17 bits per heavy atom. The summed E-state index contributed by atoms with van der Waals surface area (Å²) in [5.41, 5.74) is 2.96. The van der Waals surface area contributed by atoms with Gasteiger partial charge in [-0.3, -0.25) is 14.4 Å². The van der Waals surface area contributed by atoms with Crippen LogP contribution in [0.1, 0.15) is 53.6 Å². The van der Waals surface area contributed by atoms with Crippen molar-refractivity contribution in [3.8, 4) is 11.1 Å². The second-order valence-electron chi connectivity index (χ2n) is 11.5. The molecule has 0 radical (unpaired) electrons. The number of anilines is 2. The number of hydrogen-bond acceptors (Lipinski definition) is 7. The molecule has 0 unspecified atom stereocenters. The van der Waals surface area contributed by atoms with Gasteiger partial charge in [-0.25, -0.2) is 4.79 Å². The molecule has 2 N–H and O–H groups in total. The molecule has 1 fully saturated rings. The van der Waals surface area contributed by atoms with Gasteiger partial charge in [0.05, 0.1) is 19.8 Å². The molecule has 3 aromatic carbocycles. The van der Waals surface area contributed by atoms with Crippen LogP contribution in [0.15, 0.2) is 66.7 Å². The van der Waals surface area contributed by atoms with Crippen LogP contribution in [0.2, 0.25) is 0 Å². The first-order valence-corrected chi connectivity index (χ1v) is 15.3. The predicted octanol–water partition coefficient (Wildman–Crippen LogP) is 6.15. The fraction of sp³-hybridized carbons (Fsp3) is 0.371. The second-order valence-corrected chi connectivity index (χ2v) is 11.5. The number of ether oxygens (including phenoxy) is 2. The number of rotatable bonds is 11. The van der Waals surface area contributed by atoms with Gasteiger partial charge in [0.25, 0.3) is 5.91 Å². The number of esters is 2. The Bertz CT molecular complexity index is 1570. The third kappa shape index (κ3) is 9.34. The van der Waals surface area contributed by atoms with Gasteiger partial charge in [-0.2, -0.15) is 13.2 Å². The summed E-state index contributed by atoms with van der Waals surface area (Å²) < 4.78 is 48.6. The van der Waals surface area contributed by atoms with E-state index in [1.807, 2.05) is 12.1 Å². The maximum atomic E-state index is 13.3. The van der Waals surface area contributed by atoms with Gasteiger partial charge in [0.1, 0.15) is 6.04 Å². The standard InChI is InChI=1S/C35H38F3N3O6/c1-22-5-4-6-28(32(22)24-7-9-25(10-8-24)35(36,37)38)33(44)39-26-11-13-27(14-12-26)41-19-17-23(18-20-41)21-30(42)40-29(34(45)47-3)15-16-31(43)46-2/h4-14,23,29H,15-21H2,1-3H3,(H,39,44)(H,40,42)/t29-/m0/s1. The molecule has 12 heteroatoms. The van der Waals surface area contributed by atoms with Crippen LogP contribution in [0.4, 0.5) is 24.5 Å². The van der Waals surface area contributed by atoms with Crippen molar-refractivity contribution < 1.29 is 41.8 Å². The van der Waals surface area contributed by atoms with E-state index < -0.39 is 29.7 Å². The molecular formula is C35H38F3N3O6. The van der Waals surface area contributed by atoms with E-state index in [2.05, 4.69) is 20.3 Å². The van der Waals surface area contributed by atoms with Crippen LogP contribution < -0.4 is 15.5 Å². The smallest absolute Gasteiger partial charge is 0.416 e. The summed E-state index contributed by atoms with van der Waals surface area (Å²) in [6.07, 6.45) is -2.61. The number of amides is 2. The molecule has 0 aromatic heterocycles. The lowest BCUT2D eigenvalue weighted by molar-refractivity contribution is -0.146. The highest BCUT2D eigenvalue weighted by molar-refractivity contribution is 6.09. The van der Waals surface area contributed by atoms with E-state index in [-0.39, 0.29) is 37.0 Å². The van der Waals surface area contributed by atoms with Gasteiger partial charge in [-0.15, -0.1) is 0 Å². The molecule has 0 saturated carbocycles. The molecule has 4 rings (SSSR count). The number of carbonyl (C=O) groups excluding carboxylic acids is 4. The Morgan fingerprint density at radius 2 is 1.57 bits per heavy atom. The lowest BCUT2D eigenvalue weighted by Gasteiger charge is -2.33. The van der Waals surface area contributed by atoms with Gasteiger partial charge in [0, 0.05) is 42.9 Å². The van der Waals surface area contributed by atoms with Crippen LogP contribution in [0.25, 0.3) is 11.1 Å². The molecule has 47 heavy (non-hydrogen) atoms. The summed E-state index contributed by atoms with van der Waals surface area (Å²) in [5, 5.41) is 5.58. The number of halogens is 3. The zero-order valence-electron chi connectivity index (χ0n) is 26.5. The molecule has 9 nitrogen and oxygen atoms in total. The van der Waals surface area contributed by atoms with Gasteiger partial charge in [0.15, 0.2) is 0 Å². The molecule has 1 saturated heterocycles. The van der Waals surface area contributed by atoms with Crippen molar-refractivity contribution in [2.75, 3.05) is 37.5 Å². The summed E-state index contributed by atoms with van der Waals surface area (Å²) >= 11 is 0. The molecule has 1 aliphatic heterocycles. The lowest BCUT2D eigenvalue weighted by Crippen LogP contribution is -2.43. The average Bonchev–Trinajstić information content (AvgIpc) is 3.06. The fourth-order valence-corrected chi connectivity index (χ4v) is 5.69. The number of methoxy groups -OCH3 is 2. The second kappa shape index (κ2) is 15.6. The first-order valence-electron chi connectivity index (χ1n) is 15.3. The SMILES string of the molecule is COC(=O)CC[C@H](NC(=O)CC1CCN(c2ccc(NC(=O)c3cccc(C)c3-c3ccc(C(F)(F)F)cc3)cc2)CC1)C(=O)OC. The Hall–Kier alpha value is -4.87. The van der Waals surface area contributed by atoms with Crippen LogP contribution in [-0.4, -0.2) is 57.1 Å². The van der Waals surface area contributed by atoms with Gasteiger partial charge in [-0.1, -0.05) is 24.3 Å². The largest absolute Gasteiger partial charge is 0.469 e. The first-order chi connectivity index (χ1) is 22.4. The number of nitrogens with one attached hydrogen (secondary N) is 2. The van der Waals surface area contributed by atoms with E-state index in [0.29, 0.717) is 35.5 Å². The third-order valence-electron chi connectivity index (χ3n) is 8.28. The van der Waals surface area contributed by atoms with Crippen molar-refractivity contribution in [1.82, 2.24) is 5.32 Å². The quantitative estimate of drug-likeness (QED) is 0.239. The van der Waals surface area contributed by atoms with Crippen molar-refractivity contribution >= 4 is 35.1 Å². The summed E-state index contributed by atoms with van der Waals surface area (Å²) in [6.45, 7) is 3.24. The van der Waals surface area contributed by atoms with Gasteiger partial charge < -0.3 is 25.0 Å². The predicted molar refractivity (Wildman–Crippen MR) is 171 cm³/mol. The minimum absolute atomic E-state index is 0.0207. The number of hydrogen-bond donors (Lipinski definition) is 2. The van der Waals surface area contributed by atoms with E-state index in [9.17, 15) is 32.3 Å². The Labute approximate surface area is 271 Å². The Morgan fingerprint density at radius 1 is 0.915 bits per heavy atom. The third-order valence-corrected chi connectivity index (χ3v) is 8.28. The number of nitrogens with zero attached hydrogens (tertiary/aromatic N) is 1. The van der Waals surface area contributed by atoms with E-state index in [1.54, 1.807) is 37.3 Å². The summed E-state index contributed by atoms with van der Waals surface area (Å²) in [6, 6.07) is 16.4. The van der Waals surface area contributed by atoms with E-state index in [1.165, 1.54) is 26.4 Å². The van der Waals surface area contributed by atoms with E-state index in [4.69, 9.17) is 4.74 Å². The minimum atomic E-state index is -4.45. The van der Waals surface area contributed by atoms with Gasteiger partial charge >= 0.3 is 18.1 Å². The number of alkyl halides is 3. The highest BCUT2D eigenvalue weighted by Gasteiger charge is 2.30. The summed E-state index contributed by atoms with van der Waals surface area (Å²) in [7, 11) is 2.48. The van der Waals surface area contributed by atoms with Crippen LogP contribution >= 0.6 is 0 Å². The highest BCUT2D eigenvalue weighted by atomic mass is 19.4. The maximum absolute atomic E-state index is 13.3. The van der Waals surface area contributed by atoms with Crippen molar-refractivity contribution in [1.29, 1.82) is 0 Å². The van der Waals surface area contributed by atoms with Gasteiger partial charge in [-0.05, 0) is 91.3 Å². The van der Waals surface area contributed by atoms with Crippen LogP contribution in [-0.2, 0) is 30.0 Å². The molecule has 250 valence electrons. The zero-order chi connectivity index (χ0) is 34.1. The Balaban J connectivity index is 1.32. The van der Waals surface area contributed by atoms with Crippen LogP contribution in [0, 0.1) is 12.8 Å². The molecule has 3 aromatic rings. The van der Waals surface area contributed by atoms with Crippen molar-refractivity contribution in [2.24, 2.45) is 5.92 Å². The topological polar surface area (TPSA) is 114 Å². The molecular weight excluding hydrogens is 615 g/mol. The zero-order valence-corrected chi connectivity index (χ0v) is 26.5. The monoisotopic (exact) mass is 653 g/mol. The number of carbonyl (C=O) groups is 4. The summed E-state index contributed by atoms with van der Waals surface area (Å²) in [4.78, 5) is 51.7. The van der Waals surface area contributed by atoms with Crippen LogP contribution in [0.5, 0.6) is 0 Å². The Kier molecular flexibility index (Phi) is 11.6. The first kappa shape index (κ1) is 35.0. The van der Waals surface area contributed by atoms with Crippen molar-refractivity contribution in [3.05, 3.63) is 83.4 Å². The average molecular weight is 654 g/mol. The molecule has 0 spiro atoms. The normalized spacial score (nSPS) is 14.2. The molecule has 0 bridgehead atoms. The van der Waals surface area contributed by atoms with E-state index >= 15 is 0 Å². The maximum Gasteiger partial charge on any atom is 0.416 e. The minimum Gasteiger partial charge on any atom is -0.469 e. The fourth-order valence-electron chi connectivity index (χ4n) is 5.69. The molecule has 1 atom stereocenters. The molecule has 0 aliphatic carbocycles. The number of piperidine rings is 1. The number of benzene rings is 3. The van der Waals surface area contributed by atoms with Crippen molar-refractivity contribution in [2.45, 2.75) is 51.2 Å². The summed E-state index contributed by atoms with van der Waals surface area (Å²) in [5.74, 6) is -1.63.